The van der Waals surface area contributed by atoms with Gasteiger partial charge in [-0.05, 0) is 44.6 Å². The maximum Gasteiger partial charge on any atom is 0.0729 e. The molecule has 2 saturated heterocycles. The number of hydrogen-bond acceptors (Lipinski definition) is 4. The van der Waals surface area contributed by atoms with Gasteiger partial charge in [0.05, 0.1) is 12.2 Å². The number of rotatable bonds is 6. The molecular formula is C15H29NO3. The van der Waals surface area contributed by atoms with Crippen LogP contribution >= 0.6 is 0 Å². The van der Waals surface area contributed by atoms with Gasteiger partial charge in [0.2, 0.25) is 0 Å². The Hall–Kier alpha value is -0.160. The zero-order valence-electron chi connectivity index (χ0n) is 12.5. The highest BCUT2D eigenvalue weighted by Gasteiger charge is 2.41. The molecule has 2 aliphatic heterocycles. The van der Waals surface area contributed by atoms with E-state index < -0.39 is 0 Å². The van der Waals surface area contributed by atoms with Gasteiger partial charge >= 0.3 is 0 Å². The van der Waals surface area contributed by atoms with Crippen LogP contribution in [0.15, 0.2) is 0 Å². The molecule has 4 nitrogen and oxygen atoms in total. The van der Waals surface area contributed by atoms with Gasteiger partial charge in [-0.2, -0.15) is 0 Å². The number of nitrogens with one attached hydrogen (secondary N) is 1. The van der Waals surface area contributed by atoms with Crippen molar-refractivity contribution < 1.29 is 14.2 Å². The van der Waals surface area contributed by atoms with Crippen LogP contribution in [0.25, 0.3) is 0 Å². The van der Waals surface area contributed by atoms with Crippen LogP contribution in [0.5, 0.6) is 0 Å². The summed E-state index contributed by atoms with van der Waals surface area (Å²) in [5.74, 6) is 0.665. The van der Waals surface area contributed by atoms with Crippen molar-refractivity contribution in [2.45, 2.75) is 50.7 Å². The van der Waals surface area contributed by atoms with Crippen LogP contribution < -0.4 is 5.32 Å². The predicted octanol–water partition coefficient (Wildman–Crippen LogP) is 1.98. The monoisotopic (exact) mass is 271 g/mol. The minimum Gasteiger partial charge on any atom is -0.383 e. The van der Waals surface area contributed by atoms with E-state index in [2.05, 4.69) is 12.2 Å². The van der Waals surface area contributed by atoms with Gasteiger partial charge in [0, 0.05) is 33.0 Å². The Morgan fingerprint density at radius 2 is 2.11 bits per heavy atom. The minimum atomic E-state index is 0.0844. The first-order chi connectivity index (χ1) is 9.29. The van der Waals surface area contributed by atoms with Crippen LogP contribution in [0.2, 0.25) is 0 Å². The maximum atomic E-state index is 6.12. The average Bonchev–Trinajstić information content (AvgIpc) is 2.44. The van der Waals surface area contributed by atoms with Gasteiger partial charge in [0.25, 0.3) is 0 Å². The zero-order valence-corrected chi connectivity index (χ0v) is 12.5. The second-order valence-corrected chi connectivity index (χ2v) is 5.91. The van der Waals surface area contributed by atoms with Crippen molar-refractivity contribution in [3.63, 3.8) is 0 Å². The van der Waals surface area contributed by atoms with E-state index in [-0.39, 0.29) is 5.60 Å². The molecule has 2 fully saturated rings. The minimum absolute atomic E-state index is 0.0844. The number of hydrogen-bond donors (Lipinski definition) is 1. The van der Waals surface area contributed by atoms with E-state index in [0.29, 0.717) is 12.0 Å². The van der Waals surface area contributed by atoms with E-state index in [0.717, 1.165) is 58.7 Å². The van der Waals surface area contributed by atoms with Gasteiger partial charge in [0.1, 0.15) is 0 Å². The summed E-state index contributed by atoms with van der Waals surface area (Å²) in [6.45, 7) is 6.67. The van der Waals surface area contributed by atoms with Gasteiger partial charge in [-0.15, -0.1) is 0 Å². The Morgan fingerprint density at radius 3 is 2.79 bits per heavy atom. The van der Waals surface area contributed by atoms with Crippen LogP contribution in [0, 0.1) is 5.92 Å². The highest BCUT2D eigenvalue weighted by atomic mass is 16.5. The fraction of sp³-hybridized carbons (Fsp3) is 1.00. The van der Waals surface area contributed by atoms with E-state index in [9.17, 15) is 0 Å². The standard InChI is InChI=1S/C15H29NO3/c1-3-7-16-14(12-17-2)13-4-8-19-15(11-13)5-9-18-10-6-15/h13-14,16H,3-12H2,1-2H3. The molecule has 0 amide bonds. The summed E-state index contributed by atoms with van der Waals surface area (Å²) >= 11 is 0. The lowest BCUT2D eigenvalue weighted by atomic mass is 9.78. The van der Waals surface area contributed by atoms with Crippen molar-refractivity contribution in [2.75, 3.05) is 40.1 Å². The smallest absolute Gasteiger partial charge is 0.0729 e. The first-order valence-electron chi connectivity index (χ1n) is 7.74. The molecule has 0 aliphatic carbocycles. The molecule has 112 valence electrons. The lowest BCUT2D eigenvalue weighted by molar-refractivity contribution is -0.151. The molecule has 1 spiro atoms. The van der Waals surface area contributed by atoms with Crippen molar-refractivity contribution in [3.8, 4) is 0 Å². The first-order valence-corrected chi connectivity index (χ1v) is 7.74. The maximum absolute atomic E-state index is 6.12. The molecule has 0 aromatic rings. The molecule has 0 saturated carbocycles. The summed E-state index contributed by atoms with van der Waals surface area (Å²) in [5, 5.41) is 3.65. The van der Waals surface area contributed by atoms with Crippen molar-refractivity contribution in [3.05, 3.63) is 0 Å². The van der Waals surface area contributed by atoms with Crippen LogP contribution in [-0.2, 0) is 14.2 Å². The highest BCUT2D eigenvalue weighted by molar-refractivity contribution is 4.92. The fourth-order valence-electron chi connectivity index (χ4n) is 3.37. The Bertz CT molecular complexity index is 248. The van der Waals surface area contributed by atoms with Gasteiger partial charge in [-0.1, -0.05) is 6.92 Å². The summed E-state index contributed by atoms with van der Waals surface area (Å²) in [7, 11) is 1.80. The molecule has 2 rings (SSSR count). The van der Waals surface area contributed by atoms with Crippen LogP contribution in [-0.4, -0.2) is 51.7 Å². The van der Waals surface area contributed by atoms with E-state index >= 15 is 0 Å². The number of methoxy groups -OCH3 is 1. The highest BCUT2D eigenvalue weighted by Crippen LogP contribution is 2.38. The molecule has 0 radical (unpaired) electrons. The summed E-state index contributed by atoms with van der Waals surface area (Å²) in [5.41, 5.74) is 0.0844. The van der Waals surface area contributed by atoms with E-state index in [4.69, 9.17) is 14.2 Å². The summed E-state index contributed by atoms with van der Waals surface area (Å²) in [6.07, 6.45) is 5.57. The second kappa shape index (κ2) is 7.58. The van der Waals surface area contributed by atoms with Crippen molar-refractivity contribution in [1.29, 1.82) is 0 Å². The Labute approximate surface area is 117 Å². The van der Waals surface area contributed by atoms with E-state index in [1.54, 1.807) is 7.11 Å². The summed E-state index contributed by atoms with van der Waals surface area (Å²) in [6, 6.07) is 0.466. The van der Waals surface area contributed by atoms with Gasteiger partial charge in [0.15, 0.2) is 0 Å². The summed E-state index contributed by atoms with van der Waals surface area (Å²) < 4.78 is 17.0. The average molecular weight is 271 g/mol. The molecular weight excluding hydrogens is 242 g/mol. The predicted molar refractivity (Wildman–Crippen MR) is 75.4 cm³/mol. The van der Waals surface area contributed by atoms with Crippen LogP contribution in [0.4, 0.5) is 0 Å². The SMILES string of the molecule is CCCNC(COC)C1CCOC2(CCOCC2)C1. The Kier molecular flexibility index (Phi) is 6.07. The van der Waals surface area contributed by atoms with Crippen molar-refractivity contribution in [2.24, 2.45) is 5.92 Å². The molecule has 1 N–H and O–H groups in total. The topological polar surface area (TPSA) is 39.7 Å². The molecule has 2 heterocycles. The molecule has 2 aliphatic rings. The molecule has 2 unspecified atom stereocenters. The third kappa shape index (κ3) is 4.15. The molecule has 4 heteroatoms. The van der Waals surface area contributed by atoms with E-state index in [1.807, 2.05) is 0 Å². The third-order valence-corrected chi connectivity index (χ3v) is 4.51. The van der Waals surface area contributed by atoms with Crippen molar-refractivity contribution in [1.82, 2.24) is 5.32 Å². The van der Waals surface area contributed by atoms with Gasteiger partial charge < -0.3 is 19.5 Å². The molecule has 0 aromatic heterocycles. The number of ether oxygens (including phenoxy) is 3. The normalized spacial score (nSPS) is 28.4. The first kappa shape index (κ1) is 15.2. The van der Waals surface area contributed by atoms with Gasteiger partial charge in [-0.3, -0.25) is 0 Å². The van der Waals surface area contributed by atoms with Crippen molar-refractivity contribution >= 4 is 0 Å². The van der Waals surface area contributed by atoms with Crippen LogP contribution in [0.1, 0.15) is 39.0 Å². The summed E-state index contributed by atoms with van der Waals surface area (Å²) in [4.78, 5) is 0. The van der Waals surface area contributed by atoms with E-state index in [1.165, 1.54) is 6.42 Å². The molecule has 0 aromatic carbocycles. The largest absolute Gasteiger partial charge is 0.383 e. The Balaban J connectivity index is 1.93. The lowest BCUT2D eigenvalue weighted by Crippen LogP contribution is -2.50. The molecule has 0 bridgehead atoms. The molecule has 2 atom stereocenters. The third-order valence-electron chi connectivity index (χ3n) is 4.51. The van der Waals surface area contributed by atoms with Crippen LogP contribution in [0.3, 0.4) is 0 Å². The zero-order chi connectivity index (χ0) is 13.6. The van der Waals surface area contributed by atoms with Gasteiger partial charge in [-0.25, -0.2) is 0 Å². The molecule has 19 heavy (non-hydrogen) atoms. The fourth-order valence-corrected chi connectivity index (χ4v) is 3.37. The second-order valence-electron chi connectivity index (χ2n) is 5.91. The Morgan fingerprint density at radius 1 is 1.32 bits per heavy atom. The quantitative estimate of drug-likeness (QED) is 0.802. The lowest BCUT2D eigenvalue weighted by Gasteiger charge is -2.45.